The molecule has 2 atom stereocenters. The first-order valence-corrected chi connectivity index (χ1v) is 7.90. The number of allylic oxidation sites excluding steroid dienone is 1. The van der Waals surface area contributed by atoms with Gasteiger partial charge in [-0.25, -0.2) is 9.18 Å². The van der Waals surface area contributed by atoms with Crippen LogP contribution in [0.25, 0.3) is 0 Å². The monoisotopic (exact) mass is 378 g/mol. The van der Waals surface area contributed by atoms with Crippen LogP contribution in [0.3, 0.4) is 0 Å². The molecule has 8 heteroatoms. The van der Waals surface area contributed by atoms with Crippen LogP contribution in [0.4, 0.5) is 8.92 Å². The van der Waals surface area contributed by atoms with Crippen LogP contribution in [0, 0.1) is 10.8 Å². The standard InChI is InChI=1S/C16H14Cl2F2O4/c1-14(2)15(13(21)24-20,16(14,19)7-11(17)18)6-9-4-3-5-10-12(9)23-8-22-10/h3-5,7H,6,8H2,1-2H3. The highest BCUT2D eigenvalue weighted by Crippen LogP contribution is 2.77. The fraction of sp³-hybridized carbons (Fsp3) is 0.438. The van der Waals surface area contributed by atoms with Crippen LogP contribution in [0.2, 0.25) is 0 Å². The van der Waals surface area contributed by atoms with E-state index in [1.165, 1.54) is 13.8 Å². The highest BCUT2D eigenvalue weighted by Gasteiger charge is 2.88. The predicted octanol–water partition coefficient (Wildman–Crippen LogP) is 4.44. The Morgan fingerprint density at radius 2 is 2.08 bits per heavy atom. The van der Waals surface area contributed by atoms with Gasteiger partial charge in [0.1, 0.15) is 9.91 Å². The van der Waals surface area contributed by atoms with Gasteiger partial charge in [0.2, 0.25) is 6.79 Å². The third kappa shape index (κ3) is 2.05. The molecule has 1 aromatic carbocycles. The molecule has 0 radical (unpaired) electrons. The van der Waals surface area contributed by atoms with Crippen LogP contribution in [0.15, 0.2) is 28.8 Å². The fourth-order valence-corrected chi connectivity index (χ4v) is 4.01. The zero-order valence-electron chi connectivity index (χ0n) is 12.9. The lowest BCUT2D eigenvalue weighted by Gasteiger charge is -2.16. The molecule has 1 saturated carbocycles. The Labute approximate surface area is 147 Å². The molecule has 24 heavy (non-hydrogen) atoms. The number of fused-ring (bicyclic) bond motifs is 1. The van der Waals surface area contributed by atoms with E-state index in [1.54, 1.807) is 18.2 Å². The summed E-state index contributed by atoms with van der Waals surface area (Å²) in [6, 6.07) is 5.01. The van der Waals surface area contributed by atoms with Gasteiger partial charge in [0.15, 0.2) is 17.2 Å². The Morgan fingerprint density at radius 1 is 1.38 bits per heavy atom. The van der Waals surface area contributed by atoms with Gasteiger partial charge in [-0.15, -0.1) is 0 Å². The van der Waals surface area contributed by atoms with Crippen molar-refractivity contribution in [3.05, 3.63) is 34.3 Å². The zero-order chi connectivity index (χ0) is 17.8. The van der Waals surface area contributed by atoms with Crippen LogP contribution in [0.1, 0.15) is 19.4 Å². The minimum absolute atomic E-state index is 0.0183. The van der Waals surface area contributed by atoms with Crippen LogP contribution in [-0.2, 0) is 16.2 Å². The van der Waals surface area contributed by atoms with Gasteiger partial charge in [-0.05, 0) is 24.1 Å². The quantitative estimate of drug-likeness (QED) is 0.776. The number of carbonyl (C=O) groups is 1. The average Bonchev–Trinajstić information content (AvgIpc) is 2.89. The van der Waals surface area contributed by atoms with Crippen molar-refractivity contribution < 1.29 is 28.1 Å². The van der Waals surface area contributed by atoms with Gasteiger partial charge in [-0.2, -0.15) is 0 Å². The molecule has 130 valence electrons. The molecule has 2 unspecified atom stereocenters. The molecule has 0 spiro atoms. The fourth-order valence-electron chi connectivity index (χ4n) is 3.71. The van der Waals surface area contributed by atoms with Gasteiger partial charge in [-0.1, -0.05) is 49.2 Å². The Balaban J connectivity index is 2.09. The molecule has 1 heterocycles. The average molecular weight is 379 g/mol. The molecular weight excluding hydrogens is 365 g/mol. The van der Waals surface area contributed by atoms with Gasteiger partial charge < -0.3 is 9.47 Å². The maximum atomic E-state index is 15.5. The Morgan fingerprint density at radius 3 is 2.71 bits per heavy atom. The van der Waals surface area contributed by atoms with Crippen molar-refractivity contribution in [1.82, 2.24) is 0 Å². The van der Waals surface area contributed by atoms with Crippen LogP contribution in [-0.4, -0.2) is 18.4 Å². The largest absolute Gasteiger partial charge is 0.454 e. The summed E-state index contributed by atoms with van der Waals surface area (Å²) < 4.78 is 38.6. The first-order chi connectivity index (χ1) is 11.2. The van der Waals surface area contributed by atoms with Crippen LogP contribution < -0.4 is 9.47 Å². The van der Waals surface area contributed by atoms with Crippen molar-refractivity contribution in [3.63, 3.8) is 0 Å². The van der Waals surface area contributed by atoms with Gasteiger partial charge in [0.05, 0.1) is 0 Å². The third-order valence-corrected chi connectivity index (χ3v) is 5.41. The number of benzene rings is 1. The maximum absolute atomic E-state index is 15.5. The van der Waals surface area contributed by atoms with Crippen molar-refractivity contribution in [1.29, 1.82) is 0 Å². The highest BCUT2D eigenvalue weighted by molar-refractivity contribution is 6.56. The first-order valence-electron chi connectivity index (χ1n) is 7.14. The molecule has 1 aliphatic carbocycles. The molecular formula is C16H14Cl2F2O4. The van der Waals surface area contributed by atoms with E-state index < -0.39 is 22.5 Å². The summed E-state index contributed by atoms with van der Waals surface area (Å²) in [6.07, 6.45) is 0.747. The first kappa shape index (κ1) is 17.3. The predicted molar refractivity (Wildman–Crippen MR) is 83.3 cm³/mol. The van der Waals surface area contributed by atoms with Crippen LogP contribution >= 0.6 is 23.2 Å². The molecule has 2 aliphatic rings. The third-order valence-electron chi connectivity index (χ3n) is 5.20. The molecule has 0 saturated heterocycles. The molecule has 1 fully saturated rings. The molecule has 3 rings (SSSR count). The normalized spacial score (nSPS) is 29.1. The molecule has 0 bridgehead atoms. The Kier molecular flexibility index (Phi) is 3.96. The Hall–Kier alpha value is -1.53. The summed E-state index contributed by atoms with van der Waals surface area (Å²) in [5.74, 6) is -0.447. The molecule has 1 aliphatic heterocycles. The number of carbonyl (C=O) groups excluding carboxylic acids is 1. The Bertz CT molecular complexity index is 733. The summed E-state index contributed by atoms with van der Waals surface area (Å²) in [6.45, 7) is 2.99. The second-order valence-corrected chi connectivity index (χ2v) is 7.38. The lowest BCUT2D eigenvalue weighted by molar-refractivity contribution is -0.193. The molecule has 0 N–H and O–H groups in total. The van der Waals surface area contributed by atoms with Crippen molar-refractivity contribution in [3.8, 4) is 11.5 Å². The van der Waals surface area contributed by atoms with Gasteiger partial charge >= 0.3 is 5.97 Å². The number of halogens is 4. The van der Waals surface area contributed by atoms with Crippen molar-refractivity contribution in [2.75, 3.05) is 6.79 Å². The minimum Gasteiger partial charge on any atom is -0.454 e. The summed E-state index contributed by atoms with van der Waals surface area (Å²) >= 11 is 11.2. The van der Waals surface area contributed by atoms with Crippen molar-refractivity contribution in [2.24, 2.45) is 10.8 Å². The van der Waals surface area contributed by atoms with E-state index >= 15 is 4.39 Å². The zero-order valence-corrected chi connectivity index (χ0v) is 14.4. The second-order valence-electron chi connectivity index (χ2n) is 6.37. The van der Waals surface area contributed by atoms with E-state index in [-0.39, 0.29) is 17.7 Å². The minimum atomic E-state index is -2.27. The van der Waals surface area contributed by atoms with E-state index in [0.717, 1.165) is 6.08 Å². The highest BCUT2D eigenvalue weighted by atomic mass is 35.5. The molecule has 0 amide bonds. The number of hydrogen-bond donors (Lipinski definition) is 0. The summed E-state index contributed by atoms with van der Waals surface area (Å²) in [5.41, 5.74) is -4.89. The van der Waals surface area contributed by atoms with Crippen molar-refractivity contribution >= 4 is 29.2 Å². The van der Waals surface area contributed by atoms with Gasteiger partial charge in [-0.3, -0.25) is 4.94 Å². The number of para-hydroxylation sites is 1. The number of ether oxygens (including phenoxy) is 2. The lowest BCUT2D eigenvalue weighted by Crippen LogP contribution is -2.28. The van der Waals surface area contributed by atoms with Crippen molar-refractivity contribution in [2.45, 2.75) is 25.9 Å². The van der Waals surface area contributed by atoms with Gasteiger partial charge in [0, 0.05) is 9.94 Å². The van der Waals surface area contributed by atoms with E-state index in [9.17, 15) is 9.32 Å². The number of rotatable bonds is 4. The lowest BCUT2D eigenvalue weighted by atomic mass is 9.88. The summed E-state index contributed by atoms with van der Waals surface area (Å²) in [4.78, 5) is 15.6. The van der Waals surface area contributed by atoms with E-state index in [4.69, 9.17) is 32.7 Å². The second kappa shape index (κ2) is 5.49. The maximum Gasteiger partial charge on any atom is 0.359 e. The number of alkyl halides is 1. The SMILES string of the molecule is CC1(C)C(F)(C=C(Cl)Cl)C1(Cc1cccc2c1OCO2)C(=O)OF. The van der Waals surface area contributed by atoms with Crippen LogP contribution in [0.5, 0.6) is 11.5 Å². The summed E-state index contributed by atoms with van der Waals surface area (Å²) in [7, 11) is 0. The van der Waals surface area contributed by atoms with Gasteiger partial charge in [0.25, 0.3) is 0 Å². The number of hydrogen-bond acceptors (Lipinski definition) is 4. The molecule has 4 nitrogen and oxygen atoms in total. The smallest absolute Gasteiger partial charge is 0.359 e. The molecule has 0 aromatic heterocycles. The van der Waals surface area contributed by atoms with E-state index in [0.29, 0.717) is 17.1 Å². The molecule has 1 aromatic rings. The van der Waals surface area contributed by atoms with E-state index in [2.05, 4.69) is 4.94 Å². The topological polar surface area (TPSA) is 44.8 Å². The van der Waals surface area contributed by atoms with E-state index in [1.807, 2.05) is 0 Å². The summed E-state index contributed by atoms with van der Waals surface area (Å²) in [5, 5.41) is 0.